The summed E-state index contributed by atoms with van der Waals surface area (Å²) in [5.41, 5.74) is 2.35. The topological polar surface area (TPSA) is 12.5 Å². The Labute approximate surface area is 104 Å². The molecule has 1 unspecified atom stereocenters. The van der Waals surface area contributed by atoms with E-state index >= 15 is 0 Å². The van der Waals surface area contributed by atoms with Crippen LogP contribution in [0.4, 0.5) is 0 Å². The van der Waals surface area contributed by atoms with Gasteiger partial charge in [0.15, 0.2) is 0 Å². The van der Waals surface area contributed by atoms with E-state index in [0.717, 1.165) is 12.0 Å². The van der Waals surface area contributed by atoms with Gasteiger partial charge in [0.2, 0.25) is 0 Å². The number of hydrogen-bond acceptors (Lipinski definition) is 1. The molecule has 0 bridgehead atoms. The Hall–Kier alpha value is -1.26. The SMILES string of the molecule is CCCCC#Cc1ccccc1C1OC1(C)C. The van der Waals surface area contributed by atoms with Crippen molar-refractivity contribution < 1.29 is 4.74 Å². The maximum Gasteiger partial charge on any atom is 0.113 e. The first-order valence-electron chi connectivity index (χ1n) is 6.41. The van der Waals surface area contributed by atoms with Crippen LogP contribution < -0.4 is 0 Å². The molecule has 1 aromatic rings. The quantitative estimate of drug-likeness (QED) is 0.431. The van der Waals surface area contributed by atoms with E-state index in [1.54, 1.807) is 0 Å². The summed E-state index contributed by atoms with van der Waals surface area (Å²) in [5, 5.41) is 0. The molecule has 1 atom stereocenters. The van der Waals surface area contributed by atoms with Crippen LogP contribution in [0.3, 0.4) is 0 Å². The van der Waals surface area contributed by atoms with Gasteiger partial charge < -0.3 is 4.74 Å². The van der Waals surface area contributed by atoms with Crippen molar-refractivity contribution in [2.45, 2.75) is 51.7 Å². The van der Waals surface area contributed by atoms with E-state index in [0.29, 0.717) is 0 Å². The summed E-state index contributed by atoms with van der Waals surface area (Å²) >= 11 is 0. The van der Waals surface area contributed by atoms with Crippen molar-refractivity contribution in [3.63, 3.8) is 0 Å². The molecule has 1 nitrogen and oxygen atoms in total. The van der Waals surface area contributed by atoms with Gasteiger partial charge in [0.1, 0.15) is 6.10 Å². The zero-order valence-electron chi connectivity index (χ0n) is 10.9. The molecule has 0 aliphatic carbocycles. The van der Waals surface area contributed by atoms with Crippen LogP contribution in [0, 0.1) is 11.8 Å². The zero-order valence-corrected chi connectivity index (χ0v) is 10.9. The van der Waals surface area contributed by atoms with Crippen molar-refractivity contribution >= 4 is 0 Å². The van der Waals surface area contributed by atoms with Gasteiger partial charge in [-0.3, -0.25) is 0 Å². The fourth-order valence-electron chi connectivity index (χ4n) is 1.97. The average Bonchev–Trinajstić information content (AvgIpc) is 2.94. The minimum atomic E-state index is -0.0127. The van der Waals surface area contributed by atoms with Gasteiger partial charge >= 0.3 is 0 Å². The summed E-state index contributed by atoms with van der Waals surface area (Å²) in [4.78, 5) is 0. The number of benzene rings is 1. The van der Waals surface area contributed by atoms with Crippen LogP contribution in [-0.4, -0.2) is 5.60 Å². The minimum Gasteiger partial charge on any atom is -0.362 e. The first-order chi connectivity index (χ1) is 8.15. The highest BCUT2D eigenvalue weighted by Gasteiger charge is 2.49. The lowest BCUT2D eigenvalue weighted by Gasteiger charge is -2.01. The Balaban J connectivity index is 2.14. The van der Waals surface area contributed by atoms with Crippen molar-refractivity contribution in [3.05, 3.63) is 35.4 Å². The van der Waals surface area contributed by atoms with Crippen molar-refractivity contribution in [2.24, 2.45) is 0 Å². The Morgan fingerprint density at radius 2 is 2.00 bits per heavy atom. The van der Waals surface area contributed by atoms with Gasteiger partial charge in [-0.1, -0.05) is 43.4 Å². The molecule has 17 heavy (non-hydrogen) atoms. The minimum absolute atomic E-state index is 0.0127. The van der Waals surface area contributed by atoms with Crippen molar-refractivity contribution in [1.82, 2.24) is 0 Å². The molecule has 0 aromatic heterocycles. The first-order valence-corrected chi connectivity index (χ1v) is 6.41. The predicted octanol–water partition coefficient (Wildman–Crippen LogP) is 4.08. The van der Waals surface area contributed by atoms with Crippen LogP contribution in [0.1, 0.15) is 57.3 Å². The molecule has 1 aromatic carbocycles. The highest BCUT2D eigenvalue weighted by Crippen LogP contribution is 2.49. The molecule has 1 aliphatic heterocycles. The number of rotatable bonds is 3. The summed E-state index contributed by atoms with van der Waals surface area (Å²) in [5.74, 6) is 6.52. The maximum atomic E-state index is 5.69. The van der Waals surface area contributed by atoms with Gasteiger partial charge in [-0.05, 0) is 31.9 Å². The number of epoxide rings is 1. The average molecular weight is 228 g/mol. The van der Waals surface area contributed by atoms with Crippen LogP contribution >= 0.6 is 0 Å². The largest absolute Gasteiger partial charge is 0.362 e. The highest BCUT2D eigenvalue weighted by molar-refractivity contribution is 5.44. The molecule has 0 N–H and O–H groups in total. The molecular formula is C16H20O. The van der Waals surface area contributed by atoms with Crippen molar-refractivity contribution in [2.75, 3.05) is 0 Å². The molecule has 2 rings (SSSR count). The van der Waals surface area contributed by atoms with Gasteiger partial charge in [0.05, 0.1) is 5.60 Å². The van der Waals surface area contributed by atoms with Crippen LogP contribution in [0.5, 0.6) is 0 Å². The summed E-state index contributed by atoms with van der Waals surface area (Å²) in [6.07, 6.45) is 3.59. The van der Waals surface area contributed by atoms with Gasteiger partial charge in [0.25, 0.3) is 0 Å². The third-order valence-electron chi connectivity index (χ3n) is 3.12. The van der Waals surface area contributed by atoms with Crippen molar-refractivity contribution in [3.8, 4) is 11.8 Å². The summed E-state index contributed by atoms with van der Waals surface area (Å²) < 4.78 is 5.69. The predicted molar refractivity (Wildman–Crippen MR) is 70.8 cm³/mol. The molecule has 0 saturated carbocycles. The third-order valence-corrected chi connectivity index (χ3v) is 3.12. The van der Waals surface area contributed by atoms with Crippen molar-refractivity contribution in [1.29, 1.82) is 0 Å². The zero-order chi connectivity index (χ0) is 12.3. The molecule has 1 heterocycles. The first kappa shape index (κ1) is 12.2. The lowest BCUT2D eigenvalue weighted by Crippen LogP contribution is -1.99. The number of unbranched alkanes of at least 4 members (excludes halogenated alkanes) is 2. The highest BCUT2D eigenvalue weighted by atomic mass is 16.6. The van der Waals surface area contributed by atoms with E-state index in [1.165, 1.54) is 18.4 Å². The lowest BCUT2D eigenvalue weighted by molar-refractivity contribution is 0.325. The molecule has 1 fully saturated rings. The van der Waals surface area contributed by atoms with E-state index in [9.17, 15) is 0 Å². The second kappa shape index (κ2) is 4.94. The van der Waals surface area contributed by atoms with Crippen LogP contribution in [-0.2, 0) is 4.74 Å². The van der Waals surface area contributed by atoms with E-state index in [-0.39, 0.29) is 11.7 Å². The molecule has 0 spiro atoms. The van der Waals surface area contributed by atoms with E-state index < -0.39 is 0 Å². The second-order valence-electron chi connectivity index (χ2n) is 5.09. The molecule has 0 amide bonds. The molecule has 1 aliphatic rings. The van der Waals surface area contributed by atoms with E-state index in [1.807, 2.05) is 6.07 Å². The summed E-state index contributed by atoms with van der Waals surface area (Å²) in [6, 6.07) is 8.32. The fraction of sp³-hybridized carbons (Fsp3) is 0.500. The van der Waals surface area contributed by atoms with Crippen LogP contribution in [0.25, 0.3) is 0 Å². The van der Waals surface area contributed by atoms with Gasteiger partial charge in [-0.15, -0.1) is 0 Å². The van der Waals surface area contributed by atoms with E-state index in [2.05, 4.69) is 50.8 Å². The molecular weight excluding hydrogens is 208 g/mol. The summed E-state index contributed by atoms with van der Waals surface area (Å²) in [7, 11) is 0. The Morgan fingerprint density at radius 1 is 1.29 bits per heavy atom. The summed E-state index contributed by atoms with van der Waals surface area (Å²) in [6.45, 7) is 6.44. The number of hydrogen-bond donors (Lipinski definition) is 0. The Morgan fingerprint density at radius 3 is 2.65 bits per heavy atom. The molecule has 90 valence electrons. The second-order valence-corrected chi connectivity index (χ2v) is 5.09. The van der Waals surface area contributed by atoms with Crippen LogP contribution in [0.2, 0.25) is 0 Å². The monoisotopic (exact) mass is 228 g/mol. The smallest absolute Gasteiger partial charge is 0.113 e. The standard InChI is InChI=1S/C16H20O/c1-4-5-6-7-10-13-11-8-9-12-14(13)15-16(2,3)17-15/h8-9,11-12,15H,4-6H2,1-3H3. The molecule has 1 saturated heterocycles. The van der Waals surface area contributed by atoms with Gasteiger partial charge in [-0.25, -0.2) is 0 Å². The molecule has 1 heteroatoms. The fourth-order valence-corrected chi connectivity index (χ4v) is 1.97. The normalized spacial score (nSPS) is 20.5. The van der Waals surface area contributed by atoms with Gasteiger partial charge in [-0.2, -0.15) is 0 Å². The van der Waals surface area contributed by atoms with E-state index in [4.69, 9.17) is 4.74 Å². The van der Waals surface area contributed by atoms with Crippen LogP contribution in [0.15, 0.2) is 24.3 Å². The Bertz CT molecular complexity index is 448. The molecule has 0 radical (unpaired) electrons. The number of ether oxygens (including phenoxy) is 1. The van der Waals surface area contributed by atoms with Gasteiger partial charge in [0, 0.05) is 12.0 Å². The maximum absolute atomic E-state index is 5.69. The Kier molecular flexibility index (Phi) is 3.54. The lowest BCUT2D eigenvalue weighted by atomic mass is 9.98. The third kappa shape index (κ3) is 2.90.